The van der Waals surface area contributed by atoms with Crippen molar-refractivity contribution in [3.8, 4) is 0 Å². The van der Waals surface area contributed by atoms with E-state index in [4.69, 9.17) is 4.74 Å². The van der Waals surface area contributed by atoms with Gasteiger partial charge >= 0.3 is 6.09 Å². The molecule has 0 aromatic rings. The van der Waals surface area contributed by atoms with Gasteiger partial charge in [0.25, 0.3) is 11.8 Å². The fraction of sp³-hybridized carbons (Fsp3) is 0.750. The molecule has 10 nitrogen and oxygen atoms in total. The molecule has 30 heavy (non-hydrogen) atoms. The topological polar surface area (TPSA) is 142 Å². The van der Waals surface area contributed by atoms with E-state index >= 15 is 0 Å². The molecular weight excluding hydrogens is 394 g/mol. The molecule has 3 atom stereocenters. The van der Waals surface area contributed by atoms with Crippen molar-refractivity contribution in [3.05, 3.63) is 0 Å². The van der Waals surface area contributed by atoms with Gasteiger partial charge in [0.15, 0.2) is 0 Å². The van der Waals surface area contributed by atoms with Crippen molar-refractivity contribution in [2.24, 2.45) is 11.8 Å². The summed E-state index contributed by atoms with van der Waals surface area (Å²) in [6.07, 6.45) is -2.65. The fourth-order valence-corrected chi connectivity index (χ4v) is 2.93. The summed E-state index contributed by atoms with van der Waals surface area (Å²) in [5, 5.41) is 14.6. The standard InChI is InChI=1S/C20H33N3O7/c1-10(2)8-12(17(27)23-14(25)9-13(24)18(23)28)21-16(26)15(11(3)4)22-19(29)30-20(5,6)7/h10-13,15,24H,8-9H2,1-7H3,(H,21,26)(H,22,29). The number of alkyl carbamates (subject to hydrolysis) is 1. The quantitative estimate of drug-likeness (QED) is 0.508. The molecule has 0 spiro atoms. The van der Waals surface area contributed by atoms with Gasteiger partial charge in [-0.25, -0.2) is 9.69 Å². The predicted molar refractivity (Wildman–Crippen MR) is 107 cm³/mol. The Balaban J connectivity index is 3.00. The molecule has 3 N–H and O–H groups in total. The van der Waals surface area contributed by atoms with Crippen LogP contribution in [-0.2, 0) is 23.9 Å². The van der Waals surface area contributed by atoms with Crippen molar-refractivity contribution in [1.82, 2.24) is 15.5 Å². The highest BCUT2D eigenvalue weighted by molar-refractivity contribution is 6.18. The number of amides is 5. The average molecular weight is 427 g/mol. The Morgan fingerprint density at radius 3 is 2.10 bits per heavy atom. The van der Waals surface area contributed by atoms with Gasteiger partial charge in [0.1, 0.15) is 23.8 Å². The number of aliphatic hydroxyl groups is 1. The number of nitrogens with zero attached hydrogens (tertiary/aromatic N) is 1. The zero-order valence-electron chi connectivity index (χ0n) is 18.6. The van der Waals surface area contributed by atoms with Gasteiger partial charge in [0.05, 0.1) is 6.42 Å². The van der Waals surface area contributed by atoms with Gasteiger partial charge in [-0.1, -0.05) is 27.7 Å². The summed E-state index contributed by atoms with van der Waals surface area (Å²) >= 11 is 0. The van der Waals surface area contributed by atoms with Gasteiger partial charge < -0.3 is 20.5 Å². The number of nitrogens with one attached hydrogen (secondary N) is 2. The molecule has 1 heterocycles. The molecule has 1 fully saturated rings. The van der Waals surface area contributed by atoms with Crippen LogP contribution in [0.3, 0.4) is 0 Å². The van der Waals surface area contributed by atoms with E-state index in [0.29, 0.717) is 4.90 Å². The van der Waals surface area contributed by atoms with E-state index in [1.165, 1.54) is 0 Å². The fourth-order valence-electron chi connectivity index (χ4n) is 2.93. The first-order chi connectivity index (χ1) is 13.6. The van der Waals surface area contributed by atoms with E-state index in [1.807, 2.05) is 13.8 Å². The minimum absolute atomic E-state index is 0.0479. The molecule has 170 valence electrons. The molecule has 1 saturated heterocycles. The summed E-state index contributed by atoms with van der Waals surface area (Å²) in [4.78, 5) is 62.2. The number of imide groups is 3. The van der Waals surface area contributed by atoms with Crippen LogP contribution in [-0.4, -0.2) is 63.5 Å². The molecule has 0 aromatic carbocycles. The second-order valence-electron chi connectivity index (χ2n) is 9.18. The predicted octanol–water partition coefficient (Wildman–Crippen LogP) is 0.713. The number of carbonyl (C=O) groups excluding carboxylic acids is 5. The van der Waals surface area contributed by atoms with Crippen LogP contribution < -0.4 is 10.6 Å². The van der Waals surface area contributed by atoms with Crippen LogP contribution in [0.5, 0.6) is 0 Å². The van der Waals surface area contributed by atoms with Gasteiger partial charge in [0.2, 0.25) is 11.8 Å². The van der Waals surface area contributed by atoms with Gasteiger partial charge in [-0.15, -0.1) is 0 Å². The summed E-state index contributed by atoms with van der Waals surface area (Å²) in [6, 6.07) is -2.17. The van der Waals surface area contributed by atoms with Crippen LogP contribution in [0.4, 0.5) is 4.79 Å². The number of likely N-dealkylation sites (tertiary alicyclic amines) is 1. The lowest BCUT2D eigenvalue weighted by molar-refractivity contribution is -0.153. The number of aliphatic hydroxyl groups excluding tert-OH is 1. The van der Waals surface area contributed by atoms with Gasteiger partial charge in [-0.2, -0.15) is 0 Å². The number of ether oxygens (including phenoxy) is 1. The van der Waals surface area contributed by atoms with Gasteiger partial charge in [0, 0.05) is 0 Å². The molecule has 1 aliphatic heterocycles. The Hall–Kier alpha value is -2.49. The summed E-state index contributed by atoms with van der Waals surface area (Å²) in [6.45, 7) is 12.1. The zero-order valence-corrected chi connectivity index (χ0v) is 18.6. The Morgan fingerprint density at radius 2 is 1.70 bits per heavy atom. The highest BCUT2D eigenvalue weighted by Crippen LogP contribution is 2.17. The number of hydrogen-bond acceptors (Lipinski definition) is 7. The van der Waals surface area contributed by atoms with E-state index in [2.05, 4.69) is 10.6 Å². The van der Waals surface area contributed by atoms with Crippen LogP contribution in [0.15, 0.2) is 0 Å². The van der Waals surface area contributed by atoms with Crippen molar-refractivity contribution in [2.45, 2.75) is 85.1 Å². The third kappa shape index (κ3) is 7.08. The highest BCUT2D eigenvalue weighted by Gasteiger charge is 2.44. The molecule has 10 heteroatoms. The smallest absolute Gasteiger partial charge is 0.408 e. The highest BCUT2D eigenvalue weighted by atomic mass is 16.6. The van der Waals surface area contributed by atoms with Crippen LogP contribution in [0.2, 0.25) is 0 Å². The van der Waals surface area contributed by atoms with Gasteiger partial charge in [-0.3, -0.25) is 19.2 Å². The molecular formula is C20H33N3O7. The maximum absolute atomic E-state index is 12.9. The lowest BCUT2D eigenvalue weighted by Crippen LogP contribution is -2.57. The van der Waals surface area contributed by atoms with Crippen molar-refractivity contribution in [1.29, 1.82) is 0 Å². The van der Waals surface area contributed by atoms with E-state index in [9.17, 15) is 29.1 Å². The number of rotatable bonds is 7. The largest absolute Gasteiger partial charge is 0.444 e. The monoisotopic (exact) mass is 427 g/mol. The zero-order chi connectivity index (χ0) is 23.4. The van der Waals surface area contributed by atoms with E-state index in [1.54, 1.807) is 34.6 Å². The van der Waals surface area contributed by atoms with Crippen LogP contribution >= 0.6 is 0 Å². The summed E-state index contributed by atoms with van der Waals surface area (Å²) in [5.74, 6) is -3.73. The van der Waals surface area contributed by atoms with E-state index < -0.39 is 59.9 Å². The first-order valence-electron chi connectivity index (χ1n) is 10.0. The first-order valence-corrected chi connectivity index (χ1v) is 10.0. The summed E-state index contributed by atoms with van der Waals surface area (Å²) in [7, 11) is 0. The van der Waals surface area contributed by atoms with E-state index in [0.717, 1.165) is 0 Å². The lowest BCUT2D eigenvalue weighted by Gasteiger charge is -2.28. The van der Waals surface area contributed by atoms with Crippen molar-refractivity contribution in [2.75, 3.05) is 0 Å². The van der Waals surface area contributed by atoms with Crippen molar-refractivity contribution >= 4 is 29.7 Å². The van der Waals surface area contributed by atoms with Crippen molar-refractivity contribution in [3.63, 3.8) is 0 Å². The Kier molecular flexibility index (Phi) is 8.53. The molecule has 5 amide bonds. The number of hydrogen-bond donors (Lipinski definition) is 3. The summed E-state index contributed by atoms with van der Waals surface area (Å²) in [5.41, 5.74) is -0.754. The maximum atomic E-state index is 12.9. The van der Waals surface area contributed by atoms with Crippen LogP contribution in [0, 0.1) is 11.8 Å². The van der Waals surface area contributed by atoms with Crippen LogP contribution in [0.25, 0.3) is 0 Å². The molecule has 0 bridgehead atoms. The number of carbonyl (C=O) groups is 5. The molecule has 0 radical (unpaired) electrons. The second kappa shape index (κ2) is 10.0. The van der Waals surface area contributed by atoms with Gasteiger partial charge in [-0.05, 0) is 39.0 Å². The molecule has 0 saturated carbocycles. The Morgan fingerprint density at radius 1 is 1.13 bits per heavy atom. The Labute approximate surface area is 176 Å². The summed E-state index contributed by atoms with van der Waals surface area (Å²) < 4.78 is 5.18. The molecule has 1 aliphatic rings. The maximum Gasteiger partial charge on any atom is 0.408 e. The first kappa shape index (κ1) is 25.5. The molecule has 0 aliphatic carbocycles. The second-order valence-corrected chi connectivity index (χ2v) is 9.18. The third-order valence-electron chi connectivity index (χ3n) is 4.29. The van der Waals surface area contributed by atoms with Crippen LogP contribution in [0.1, 0.15) is 61.3 Å². The Bertz CT molecular complexity index is 697. The lowest BCUT2D eigenvalue weighted by atomic mass is 9.99. The normalized spacial score (nSPS) is 19.1. The molecule has 0 aromatic heterocycles. The minimum Gasteiger partial charge on any atom is -0.444 e. The minimum atomic E-state index is -1.56. The third-order valence-corrected chi connectivity index (χ3v) is 4.29. The molecule has 1 rings (SSSR count). The average Bonchev–Trinajstić information content (AvgIpc) is 2.81. The molecule has 3 unspecified atom stereocenters. The van der Waals surface area contributed by atoms with Crippen molar-refractivity contribution < 1.29 is 33.8 Å². The van der Waals surface area contributed by atoms with E-state index in [-0.39, 0.29) is 18.3 Å². The SMILES string of the molecule is CC(C)CC(NC(=O)C(NC(=O)OC(C)(C)C)C(C)C)C(=O)N1C(=O)CC(O)C1=O.